The van der Waals surface area contributed by atoms with E-state index in [-0.39, 0.29) is 5.91 Å². The molecular weight excluding hydrogens is 354 g/mol. The Balaban J connectivity index is 1.31. The number of benzene rings is 1. The van der Waals surface area contributed by atoms with Gasteiger partial charge in [-0.15, -0.1) is 0 Å². The number of piperidine rings is 1. The van der Waals surface area contributed by atoms with E-state index >= 15 is 0 Å². The lowest BCUT2D eigenvalue weighted by Crippen LogP contribution is -2.39. The molecule has 1 aromatic carbocycles. The van der Waals surface area contributed by atoms with Crippen LogP contribution in [0, 0.1) is 0 Å². The van der Waals surface area contributed by atoms with E-state index in [1.54, 1.807) is 11.1 Å². The summed E-state index contributed by atoms with van der Waals surface area (Å²) in [6, 6.07) is 8.06. The van der Waals surface area contributed by atoms with Crippen LogP contribution < -0.4 is 0 Å². The van der Waals surface area contributed by atoms with Gasteiger partial charge in [0.05, 0.1) is 18.7 Å². The van der Waals surface area contributed by atoms with Crippen molar-refractivity contribution in [1.82, 2.24) is 15.0 Å². The number of aromatic nitrogens is 1. The molecule has 0 atom stereocenters. The number of hydrogen-bond acceptors (Lipinski definition) is 6. The Morgan fingerprint density at radius 3 is 2.89 bits per heavy atom. The second-order valence-electron chi connectivity index (χ2n) is 7.17. The van der Waals surface area contributed by atoms with Crippen molar-refractivity contribution in [3.05, 3.63) is 42.2 Å². The minimum absolute atomic E-state index is 0.0688. The van der Waals surface area contributed by atoms with E-state index in [4.69, 9.17) is 4.52 Å². The Labute approximate surface area is 164 Å². The summed E-state index contributed by atoms with van der Waals surface area (Å²) in [7, 11) is 0. The van der Waals surface area contributed by atoms with E-state index < -0.39 is 0 Å². The van der Waals surface area contributed by atoms with Crippen molar-refractivity contribution in [1.29, 1.82) is 0 Å². The zero-order valence-corrected chi connectivity index (χ0v) is 15.9. The molecule has 2 aliphatic rings. The summed E-state index contributed by atoms with van der Waals surface area (Å²) >= 11 is 0. The van der Waals surface area contributed by atoms with Crippen molar-refractivity contribution in [3.63, 3.8) is 0 Å². The molecule has 7 heteroatoms. The van der Waals surface area contributed by atoms with Crippen LogP contribution in [0.3, 0.4) is 0 Å². The van der Waals surface area contributed by atoms with E-state index in [9.17, 15) is 4.79 Å². The third kappa shape index (κ3) is 4.36. The second-order valence-corrected chi connectivity index (χ2v) is 7.17. The van der Waals surface area contributed by atoms with Gasteiger partial charge in [-0.2, -0.15) is 0 Å². The standard InChI is InChI=1S/C21H25N5O2/c27-20-6-10-23-16-22-9-3-11-26(20)15-14-25-12-7-17(8-13-25)21-18-4-1-2-5-19(18)28-24-21/h1-5,10-11,16-17H,6-9,12-15H2/b11-3-,22-16?,23-10?. The van der Waals surface area contributed by atoms with E-state index in [0.29, 0.717) is 25.4 Å². The summed E-state index contributed by atoms with van der Waals surface area (Å²) in [6.45, 7) is 4.10. The molecule has 0 spiro atoms. The Kier molecular flexibility index (Phi) is 5.92. The summed E-state index contributed by atoms with van der Waals surface area (Å²) < 4.78 is 5.47. The van der Waals surface area contributed by atoms with Gasteiger partial charge in [-0.1, -0.05) is 17.3 Å². The third-order valence-corrected chi connectivity index (χ3v) is 5.37. The highest BCUT2D eigenvalue weighted by molar-refractivity contribution is 5.92. The summed E-state index contributed by atoms with van der Waals surface area (Å²) in [6.07, 6.45) is 9.28. The fourth-order valence-electron chi connectivity index (χ4n) is 3.79. The van der Waals surface area contributed by atoms with Crippen molar-refractivity contribution >= 4 is 29.4 Å². The smallest absolute Gasteiger partial charge is 0.231 e. The number of nitrogens with zero attached hydrogens (tertiary/aromatic N) is 5. The Morgan fingerprint density at radius 2 is 2.00 bits per heavy atom. The van der Waals surface area contributed by atoms with Gasteiger partial charge in [-0.25, -0.2) is 4.99 Å². The molecule has 146 valence electrons. The van der Waals surface area contributed by atoms with Crippen molar-refractivity contribution in [2.45, 2.75) is 25.2 Å². The lowest BCUT2D eigenvalue weighted by molar-refractivity contribution is -0.127. The molecule has 1 fully saturated rings. The molecule has 0 saturated carbocycles. The summed E-state index contributed by atoms with van der Waals surface area (Å²) in [5.41, 5.74) is 1.95. The van der Waals surface area contributed by atoms with Crippen molar-refractivity contribution in [3.8, 4) is 0 Å². The summed E-state index contributed by atoms with van der Waals surface area (Å²) in [4.78, 5) is 24.7. The molecule has 0 bridgehead atoms. The van der Waals surface area contributed by atoms with Crippen molar-refractivity contribution < 1.29 is 9.32 Å². The van der Waals surface area contributed by atoms with Crippen LogP contribution in [-0.4, -0.2) is 66.1 Å². The average molecular weight is 379 g/mol. The van der Waals surface area contributed by atoms with Gasteiger partial charge in [-0.3, -0.25) is 9.79 Å². The molecule has 0 aliphatic carbocycles. The topological polar surface area (TPSA) is 74.3 Å². The SMILES string of the molecule is O=C1CC=NC=NC/C=C\N1CCN1CCC(c2noc3ccccc23)CC1. The number of amides is 1. The third-order valence-electron chi connectivity index (χ3n) is 5.37. The lowest BCUT2D eigenvalue weighted by atomic mass is 9.91. The zero-order chi connectivity index (χ0) is 19.2. The van der Waals surface area contributed by atoms with E-state index in [1.165, 1.54) is 6.34 Å². The molecule has 1 saturated heterocycles. The maximum absolute atomic E-state index is 12.3. The summed E-state index contributed by atoms with van der Waals surface area (Å²) in [5, 5.41) is 5.46. The minimum atomic E-state index is 0.0688. The largest absolute Gasteiger partial charge is 0.356 e. The first-order chi connectivity index (χ1) is 13.8. The fraction of sp³-hybridized carbons (Fsp3) is 0.429. The Morgan fingerprint density at radius 1 is 1.14 bits per heavy atom. The molecule has 28 heavy (non-hydrogen) atoms. The van der Waals surface area contributed by atoms with E-state index in [2.05, 4.69) is 26.1 Å². The van der Waals surface area contributed by atoms with E-state index in [0.717, 1.165) is 49.1 Å². The van der Waals surface area contributed by atoms with Gasteiger partial charge in [0.25, 0.3) is 0 Å². The number of rotatable bonds is 4. The fourth-order valence-corrected chi connectivity index (χ4v) is 3.79. The number of aliphatic imine (C=N–C) groups is 2. The summed E-state index contributed by atoms with van der Waals surface area (Å²) in [5.74, 6) is 0.503. The Bertz CT molecular complexity index is 893. The molecule has 7 nitrogen and oxygen atoms in total. The number of fused-ring (bicyclic) bond motifs is 1. The van der Waals surface area contributed by atoms with Crippen molar-refractivity contribution in [2.24, 2.45) is 9.98 Å². The molecule has 2 aromatic rings. The highest BCUT2D eigenvalue weighted by atomic mass is 16.5. The monoisotopic (exact) mass is 379 g/mol. The molecular formula is C21H25N5O2. The molecule has 1 aromatic heterocycles. The highest BCUT2D eigenvalue weighted by Gasteiger charge is 2.25. The number of likely N-dealkylation sites (tertiary alicyclic amines) is 1. The lowest BCUT2D eigenvalue weighted by Gasteiger charge is -2.32. The van der Waals surface area contributed by atoms with Crippen LogP contribution in [0.4, 0.5) is 0 Å². The van der Waals surface area contributed by atoms with Crippen LogP contribution in [0.25, 0.3) is 11.0 Å². The normalized spacial score (nSPS) is 20.7. The van der Waals surface area contributed by atoms with E-state index in [1.807, 2.05) is 30.5 Å². The number of hydrogen-bond donors (Lipinski definition) is 0. The predicted molar refractivity (Wildman–Crippen MR) is 110 cm³/mol. The van der Waals surface area contributed by atoms with Crippen LogP contribution in [-0.2, 0) is 4.79 Å². The van der Waals surface area contributed by atoms with Crippen LogP contribution >= 0.6 is 0 Å². The van der Waals surface area contributed by atoms with Crippen LogP contribution in [0.5, 0.6) is 0 Å². The first-order valence-electron chi connectivity index (χ1n) is 9.84. The quantitative estimate of drug-likeness (QED) is 0.819. The van der Waals surface area contributed by atoms with Crippen LogP contribution in [0.1, 0.15) is 30.9 Å². The number of carbonyl (C=O) groups is 1. The molecule has 0 unspecified atom stereocenters. The zero-order valence-electron chi connectivity index (χ0n) is 15.9. The van der Waals surface area contributed by atoms with Gasteiger partial charge in [-0.05, 0) is 44.1 Å². The van der Waals surface area contributed by atoms with Crippen LogP contribution in [0.2, 0.25) is 0 Å². The number of carbonyl (C=O) groups excluding carboxylic acids is 1. The predicted octanol–water partition coefficient (Wildman–Crippen LogP) is 2.85. The van der Waals surface area contributed by atoms with Gasteiger partial charge in [0.1, 0.15) is 6.34 Å². The van der Waals surface area contributed by atoms with Gasteiger partial charge in [0, 0.05) is 36.8 Å². The van der Waals surface area contributed by atoms with Gasteiger partial charge < -0.3 is 14.3 Å². The average Bonchev–Trinajstić information content (AvgIpc) is 3.16. The Hall–Kier alpha value is -2.80. The van der Waals surface area contributed by atoms with Crippen LogP contribution in [0.15, 0.2) is 51.0 Å². The van der Waals surface area contributed by atoms with Crippen molar-refractivity contribution in [2.75, 3.05) is 32.7 Å². The van der Waals surface area contributed by atoms with Gasteiger partial charge in [0.15, 0.2) is 5.58 Å². The maximum atomic E-state index is 12.3. The molecule has 2 aliphatic heterocycles. The minimum Gasteiger partial charge on any atom is -0.356 e. The molecule has 1 amide bonds. The molecule has 3 heterocycles. The first-order valence-corrected chi connectivity index (χ1v) is 9.84. The number of para-hydroxylation sites is 1. The first kappa shape index (κ1) is 18.6. The molecule has 0 radical (unpaired) electrons. The maximum Gasteiger partial charge on any atom is 0.231 e. The second kappa shape index (κ2) is 8.93. The molecule has 4 rings (SSSR count). The molecule has 0 N–H and O–H groups in total. The van der Waals surface area contributed by atoms with Gasteiger partial charge in [0.2, 0.25) is 5.91 Å². The van der Waals surface area contributed by atoms with Gasteiger partial charge >= 0.3 is 0 Å². The highest BCUT2D eigenvalue weighted by Crippen LogP contribution is 2.32.